The monoisotopic (exact) mass is 420 g/mol. The largest absolute Gasteiger partial charge is 0.345 e. The second-order valence-electron chi connectivity index (χ2n) is 9.25. The molecule has 0 unspecified atom stereocenters. The molecule has 0 aliphatic rings. The van der Waals surface area contributed by atoms with Crippen molar-refractivity contribution in [1.82, 2.24) is 4.57 Å². The van der Waals surface area contributed by atoms with Crippen LogP contribution >= 0.6 is 0 Å². The van der Waals surface area contributed by atoms with Gasteiger partial charge >= 0.3 is 0 Å². The molecule has 31 heavy (non-hydrogen) atoms. The van der Waals surface area contributed by atoms with Crippen LogP contribution in [0.2, 0.25) is 19.6 Å². The maximum absolute atomic E-state index is 2.39. The summed E-state index contributed by atoms with van der Waals surface area (Å²) in [6.45, 7) is 7.17. The van der Waals surface area contributed by atoms with Crippen molar-refractivity contribution in [3.8, 4) is 5.69 Å². The molecule has 1 aromatic heterocycles. The number of para-hydroxylation sites is 2. The summed E-state index contributed by atoms with van der Waals surface area (Å²) >= 11 is 0. The Morgan fingerprint density at radius 2 is 1.23 bits per heavy atom. The van der Waals surface area contributed by atoms with Gasteiger partial charge in [-0.3, -0.25) is 0 Å². The summed E-state index contributed by atoms with van der Waals surface area (Å²) in [4.78, 5) is 2.28. The molecule has 0 amide bonds. The van der Waals surface area contributed by atoms with Crippen LogP contribution < -0.4 is 10.1 Å². The molecule has 0 atom stereocenters. The summed E-state index contributed by atoms with van der Waals surface area (Å²) < 4.78 is 2.36. The first-order valence-corrected chi connectivity index (χ1v) is 14.4. The van der Waals surface area contributed by atoms with Gasteiger partial charge in [-0.1, -0.05) is 73.4 Å². The highest BCUT2D eigenvalue weighted by atomic mass is 28.3. The zero-order chi connectivity index (χ0) is 21.6. The number of rotatable bonds is 4. The van der Waals surface area contributed by atoms with Gasteiger partial charge in [0.2, 0.25) is 0 Å². The highest BCUT2D eigenvalue weighted by Crippen LogP contribution is 2.35. The molecule has 0 aliphatic carbocycles. The Kier molecular flexibility index (Phi) is 4.71. The van der Waals surface area contributed by atoms with Gasteiger partial charge in [-0.2, -0.15) is 0 Å². The fourth-order valence-electron chi connectivity index (χ4n) is 4.36. The lowest BCUT2D eigenvalue weighted by molar-refractivity contribution is 1.17. The molecule has 5 rings (SSSR count). The van der Waals surface area contributed by atoms with E-state index in [-0.39, 0.29) is 0 Å². The van der Waals surface area contributed by atoms with Crippen LogP contribution in [-0.2, 0) is 0 Å². The molecule has 0 radical (unpaired) electrons. The van der Waals surface area contributed by atoms with Gasteiger partial charge < -0.3 is 9.47 Å². The van der Waals surface area contributed by atoms with E-state index >= 15 is 0 Å². The lowest BCUT2D eigenvalue weighted by atomic mass is 10.1. The van der Waals surface area contributed by atoms with Gasteiger partial charge in [0.15, 0.2) is 0 Å². The normalized spacial score (nSPS) is 11.9. The van der Waals surface area contributed by atoms with Crippen LogP contribution in [0, 0.1) is 0 Å². The minimum absolute atomic E-state index is 1.19. The molecule has 3 heteroatoms. The fraction of sp³-hybridized carbons (Fsp3) is 0.143. The number of nitrogens with zero attached hydrogens (tertiary/aromatic N) is 2. The minimum atomic E-state index is -1.29. The van der Waals surface area contributed by atoms with Crippen molar-refractivity contribution in [3.63, 3.8) is 0 Å². The van der Waals surface area contributed by atoms with Crippen molar-refractivity contribution in [1.29, 1.82) is 0 Å². The summed E-state index contributed by atoms with van der Waals surface area (Å²) in [7, 11) is 0.866. The van der Waals surface area contributed by atoms with Crippen LogP contribution in [0.1, 0.15) is 0 Å². The molecule has 2 nitrogen and oxygen atoms in total. The van der Waals surface area contributed by atoms with Crippen LogP contribution in [0.5, 0.6) is 0 Å². The van der Waals surface area contributed by atoms with Gasteiger partial charge in [0.1, 0.15) is 0 Å². The molecule has 1 heterocycles. The predicted octanol–water partition coefficient (Wildman–Crippen LogP) is 7.10. The Morgan fingerprint density at radius 1 is 0.613 bits per heavy atom. The maximum atomic E-state index is 2.39. The molecular weight excluding hydrogens is 392 g/mol. The molecule has 0 fully saturated rings. The second kappa shape index (κ2) is 7.43. The summed E-state index contributed by atoms with van der Waals surface area (Å²) in [5, 5.41) is 4.05. The van der Waals surface area contributed by atoms with E-state index in [0.29, 0.717) is 0 Å². The smallest absolute Gasteiger partial charge is 0.0775 e. The molecule has 5 aromatic rings. The lowest BCUT2D eigenvalue weighted by Gasteiger charge is -2.22. The fourth-order valence-corrected chi connectivity index (χ4v) is 5.53. The minimum Gasteiger partial charge on any atom is -0.345 e. The molecule has 0 aliphatic heterocycles. The highest BCUT2D eigenvalue weighted by Gasteiger charge is 2.17. The Hall–Kier alpha value is -3.30. The third-order valence-electron chi connectivity index (χ3n) is 6.18. The van der Waals surface area contributed by atoms with E-state index in [1.165, 1.54) is 44.1 Å². The molecule has 0 saturated heterocycles. The number of aromatic nitrogens is 1. The number of anilines is 2. The molecule has 0 N–H and O–H groups in total. The summed E-state index contributed by atoms with van der Waals surface area (Å²) in [6, 6.07) is 35.2. The van der Waals surface area contributed by atoms with E-state index in [4.69, 9.17) is 0 Å². The summed E-state index contributed by atoms with van der Waals surface area (Å²) in [5.74, 6) is 0. The van der Waals surface area contributed by atoms with E-state index in [2.05, 4.69) is 133 Å². The Bertz CT molecular complexity index is 1360. The van der Waals surface area contributed by atoms with E-state index in [0.717, 1.165) is 0 Å². The van der Waals surface area contributed by atoms with Crippen molar-refractivity contribution in [3.05, 3.63) is 97.1 Å². The number of benzene rings is 4. The third kappa shape index (κ3) is 3.45. The Morgan fingerprint density at radius 3 is 1.94 bits per heavy atom. The second-order valence-corrected chi connectivity index (χ2v) is 14.3. The Labute approximate surface area is 185 Å². The molecule has 154 valence electrons. The van der Waals surface area contributed by atoms with Gasteiger partial charge in [-0.15, -0.1) is 0 Å². The van der Waals surface area contributed by atoms with Gasteiger partial charge in [-0.05, 0) is 48.5 Å². The third-order valence-corrected chi connectivity index (χ3v) is 8.24. The average Bonchev–Trinajstić information content (AvgIpc) is 3.12. The number of hydrogen-bond donors (Lipinski definition) is 0. The SMILES string of the molecule is CN(c1ccc([Si](C)(C)C)cc1)c1ccc2c(c1)c1ccccc1n2-c1ccccc1. The highest BCUT2D eigenvalue weighted by molar-refractivity contribution is 6.88. The first-order chi connectivity index (χ1) is 14.9. The lowest BCUT2D eigenvalue weighted by Crippen LogP contribution is -2.37. The van der Waals surface area contributed by atoms with Gasteiger partial charge in [0, 0.05) is 34.9 Å². The Balaban J connectivity index is 1.63. The molecule has 0 bridgehead atoms. The van der Waals surface area contributed by atoms with Gasteiger partial charge in [0.25, 0.3) is 0 Å². The molecular formula is C28H28N2Si. The van der Waals surface area contributed by atoms with E-state index in [1.807, 2.05) is 0 Å². The summed E-state index contributed by atoms with van der Waals surface area (Å²) in [5.41, 5.74) is 6.08. The molecule has 4 aromatic carbocycles. The van der Waals surface area contributed by atoms with Crippen molar-refractivity contribution in [2.75, 3.05) is 11.9 Å². The molecule has 0 spiro atoms. The van der Waals surface area contributed by atoms with Crippen LogP contribution in [0.3, 0.4) is 0 Å². The van der Waals surface area contributed by atoms with Crippen LogP contribution in [-0.4, -0.2) is 19.7 Å². The number of hydrogen-bond acceptors (Lipinski definition) is 1. The zero-order valence-electron chi connectivity index (χ0n) is 18.6. The van der Waals surface area contributed by atoms with Crippen LogP contribution in [0.4, 0.5) is 11.4 Å². The quantitative estimate of drug-likeness (QED) is 0.282. The van der Waals surface area contributed by atoms with Crippen LogP contribution in [0.15, 0.2) is 97.1 Å². The van der Waals surface area contributed by atoms with E-state index < -0.39 is 8.07 Å². The van der Waals surface area contributed by atoms with Crippen molar-refractivity contribution in [2.45, 2.75) is 19.6 Å². The van der Waals surface area contributed by atoms with Gasteiger partial charge in [0.05, 0.1) is 19.1 Å². The summed E-state index contributed by atoms with van der Waals surface area (Å²) in [6.07, 6.45) is 0. The van der Waals surface area contributed by atoms with Gasteiger partial charge in [-0.25, -0.2) is 0 Å². The van der Waals surface area contributed by atoms with E-state index in [1.54, 1.807) is 0 Å². The topological polar surface area (TPSA) is 8.17 Å². The maximum Gasteiger partial charge on any atom is 0.0775 e. The first-order valence-electron chi connectivity index (χ1n) is 10.9. The van der Waals surface area contributed by atoms with Crippen molar-refractivity contribution >= 4 is 46.4 Å². The van der Waals surface area contributed by atoms with E-state index in [9.17, 15) is 0 Å². The first kappa shape index (κ1) is 19.6. The standard InChI is InChI=1S/C28H28N2Si/c1-29(21-14-17-24(18-15-21)31(2,3)4)23-16-19-28-26(20-23)25-12-8-9-13-27(25)30(28)22-10-6-5-7-11-22/h5-20H,1-4H3. The predicted molar refractivity (Wildman–Crippen MR) is 138 cm³/mol. The van der Waals surface area contributed by atoms with Crippen molar-refractivity contribution in [2.24, 2.45) is 0 Å². The van der Waals surface area contributed by atoms with Crippen molar-refractivity contribution < 1.29 is 0 Å². The van der Waals surface area contributed by atoms with Crippen LogP contribution in [0.25, 0.3) is 27.5 Å². The zero-order valence-corrected chi connectivity index (χ0v) is 19.6. The number of fused-ring (bicyclic) bond motifs is 3. The molecule has 0 saturated carbocycles. The average molecular weight is 421 g/mol.